The van der Waals surface area contributed by atoms with E-state index in [1.54, 1.807) is 0 Å². The molecule has 0 aromatic heterocycles. The summed E-state index contributed by atoms with van der Waals surface area (Å²) >= 11 is 0. The monoisotopic (exact) mass is 98.1 g/mol. The summed E-state index contributed by atoms with van der Waals surface area (Å²) in [4.78, 5) is 0. The Morgan fingerprint density at radius 3 is 2.86 bits per heavy atom. The van der Waals surface area contributed by atoms with E-state index in [0.29, 0.717) is 0 Å². The van der Waals surface area contributed by atoms with Crippen LogP contribution < -0.4 is 11.1 Å². The molecular weight excluding hydrogens is 88.1 g/mol. The summed E-state index contributed by atoms with van der Waals surface area (Å²) in [7, 11) is 0. The minimum absolute atomic E-state index is 0.250. The molecule has 1 unspecified atom stereocenters. The Balaban J connectivity index is 2.50. The van der Waals surface area contributed by atoms with E-state index in [2.05, 4.69) is 5.32 Å². The van der Waals surface area contributed by atoms with Crippen molar-refractivity contribution in [1.29, 1.82) is 0 Å². The maximum atomic E-state index is 5.49. The van der Waals surface area contributed by atoms with Gasteiger partial charge in [-0.05, 0) is 13.0 Å². The molecule has 0 aromatic carbocycles. The summed E-state index contributed by atoms with van der Waals surface area (Å²) in [5.41, 5.74) is 6.69. The third-order valence-corrected chi connectivity index (χ3v) is 1.08. The molecule has 0 saturated carbocycles. The highest BCUT2D eigenvalue weighted by Gasteiger charge is 2.04. The predicted molar refractivity (Wildman–Crippen MR) is 29.7 cm³/mol. The summed E-state index contributed by atoms with van der Waals surface area (Å²) < 4.78 is 0. The number of allylic oxidation sites excluding steroid dienone is 1. The lowest BCUT2D eigenvalue weighted by Gasteiger charge is -1.93. The zero-order valence-corrected chi connectivity index (χ0v) is 4.44. The molecule has 40 valence electrons. The Bertz CT molecular complexity index is 96.3. The van der Waals surface area contributed by atoms with Crippen molar-refractivity contribution in [1.82, 2.24) is 5.32 Å². The van der Waals surface area contributed by atoms with Gasteiger partial charge in [-0.2, -0.15) is 0 Å². The predicted octanol–water partition coefficient (Wildman–Crippen LogP) is -0.179. The van der Waals surface area contributed by atoms with Gasteiger partial charge < -0.3 is 11.1 Å². The van der Waals surface area contributed by atoms with E-state index in [1.807, 2.05) is 13.0 Å². The number of hydrogen-bond acceptors (Lipinski definition) is 2. The zero-order valence-electron chi connectivity index (χ0n) is 4.44. The first-order valence-corrected chi connectivity index (χ1v) is 2.47. The number of rotatable bonds is 0. The zero-order chi connectivity index (χ0) is 5.28. The normalized spacial score (nSPS) is 29.4. The molecule has 0 fully saturated rings. The SMILES string of the molecule is CC1=CC(N)CN1. The number of nitrogens with two attached hydrogens (primary N) is 1. The van der Waals surface area contributed by atoms with Crippen LogP contribution in [-0.2, 0) is 0 Å². The maximum absolute atomic E-state index is 5.49. The smallest absolute Gasteiger partial charge is 0.0419 e. The van der Waals surface area contributed by atoms with E-state index < -0.39 is 0 Å². The molecule has 1 aliphatic heterocycles. The van der Waals surface area contributed by atoms with Gasteiger partial charge in [0.1, 0.15) is 0 Å². The van der Waals surface area contributed by atoms with Crippen molar-refractivity contribution >= 4 is 0 Å². The molecule has 1 aliphatic rings. The second kappa shape index (κ2) is 1.54. The van der Waals surface area contributed by atoms with Gasteiger partial charge in [-0.3, -0.25) is 0 Å². The van der Waals surface area contributed by atoms with Gasteiger partial charge in [0, 0.05) is 18.3 Å². The van der Waals surface area contributed by atoms with Gasteiger partial charge in [0.15, 0.2) is 0 Å². The standard InChI is InChI=1S/C5H10N2/c1-4-2-5(6)3-7-4/h2,5,7H,3,6H2,1H3. The first kappa shape index (κ1) is 4.65. The van der Waals surface area contributed by atoms with Crippen LogP contribution in [0.1, 0.15) is 6.92 Å². The maximum Gasteiger partial charge on any atom is 0.0419 e. The summed E-state index contributed by atoms with van der Waals surface area (Å²) in [6.07, 6.45) is 2.03. The molecule has 0 spiro atoms. The number of hydrogen-bond donors (Lipinski definition) is 2. The molecule has 1 atom stereocenters. The van der Waals surface area contributed by atoms with Crippen LogP contribution in [0.25, 0.3) is 0 Å². The Kier molecular flexibility index (Phi) is 1.02. The van der Waals surface area contributed by atoms with Crippen molar-refractivity contribution in [3.8, 4) is 0 Å². The van der Waals surface area contributed by atoms with Gasteiger partial charge in [0.25, 0.3) is 0 Å². The minimum Gasteiger partial charge on any atom is -0.387 e. The highest BCUT2D eigenvalue weighted by molar-refractivity contribution is 5.08. The molecule has 0 amide bonds. The molecule has 1 heterocycles. The minimum atomic E-state index is 0.250. The quantitative estimate of drug-likeness (QED) is 0.441. The first-order chi connectivity index (χ1) is 3.29. The van der Waals surface area contributed by atoms with Gasteiger partial charge in [-0.1, -0.05) is 0 Å². The van der Waals surface area contributed by atoms with E-state index in [0.717, 1.165) is 6.54 Å². The van der Waals surface area contributed by atoms with E-state index in [1.165, 1.54) is 5.70 Å². The van der Waals surface area contributed by atoms with Crippen LogP contribution in [-0.4, -0.2) is 12.6 Å². The average Bonchev–Trinajstić information content (AvgIpc) is 1.87. The molecule has 2 heteroatoms. The van der Waals surface area contributed by atoms with Crippen LogP contribution in [0.5, 0.6) is 0 Å². The van der Waals surface area contributed by atoms with Crippen molar-refractivity contribution in [2.24, 2.45) is 5.73 Å². The van der Waals surface area contributed by atoms with Crippen molar-refractivity contribution in [2.45, 2.75) is 13.0 Å². The summed E-state index contributed by atoms with van der Waals surface area (Å²) in [5, 5.41) is 3.11. The fraction of sp³-hybridized carbons (Fsp3) is 0.600. The fourth-order valence-electron chi connectivity index (χ4n) is 0.718. The molecule has 1 rings (SSSR count). The van der Waals surface area contributed by atoms with Gasteiger partial charge in [0.2, 0.25) is 0 Å². The summed E-state index contributed by atoms with van der Waals surface area (Å²) in [5.74, 6) is 0. The highest BCUT2D eigenvalue weighted by atomic mass is 14.9. The second-order valence-electron chi connectivity index (χ2n) is 1.89. The van der Waals surface area contributed by atoms with E-state index in [9.17, 15) is 0 Å². The first-order valence-electron chi connectivity index (χ1n) is 2.47. The van der Waals surface area contributed by atoms with Gasteiger partial charge >= 0.3 is 0 Å². The Labute approximate surface area is 43.4 Å². The molecule has 0 radical (unpaired) electrons. The van der Waals surface area contributed by atoms with Crippen molar-refractivity contribution in [3.05, 3.63) is 11.8 Å². The largest absolute Gasteiger partial charge is 0.387 e. The van der Waals surface area contributed by atoms with Crippen LogP contribution >= 0.6 is 0 Å². The lowest BCUT2D eigenvalue weighted by molar-refractivity contribution is 0.780. The van der Waals surface area contributed by atoms with E-state index in [-0.39, 0.29) is 6.04 Å². The summed E-state index contributed by atoms with van der Waals surface area (Å²) in [6, 6.07) is 0.250. The lowest BCUT2D eigenvalue weighted by Crippen LogP contribution is -2.23. The average molecular weight is 98.1 g/mol. The van der Waals surface area contributed by atoms with Crippen LogP contribution in [0.3, 0.4) is 0 Å². The molecule has 3 N–H and O–H groups in total. The highest BCUT2D eigenvalue weighted by Crippen LogP contribution is 1.96. The molecule has 7 heavy (non-hydrogen) atoms. The molecule has 0 aromatic rings. The topological polar surface area (TPSA) is 38.0 Å². The van der Waals surface area contributed by atoms with Gasteiger partial charge in [-0.25, -0.2) is 0 Å². The Morgan fingerprint density at radius 2 is 2.71 bits per heavy atom. The van der Waals surface area contributed by atoms with Crippen molar-refractivity contribution in [2.75, 3.05) is 6.54 Å². The van der Waals surface area contributed by atoms with Crippen molar-refractivity contribution < 1.29 is 0 Å². The van der Waals surface area contributed by atoms with Crippen LogP contribution in [0, 0.1) is 0 Å². The van der Waals surface area contributed by atoms with Crippen LogP contribution in [0.4, 0.5) is 0 Å². The lowest BCUT2D eigenvalue weighted by atomic mass is 10.3. The molecule has 0 aliphatic carbocycles. The third kappa shape index (κ3) is 0.933. The van der Waals surface area contributed by atoms with E-state index >= 15 is 0 Å². The molecule has 0 bridgehead atoms. The van der Waals surface area contributed by atoms with Crippen LogP contribution in [0.2, 0.25) is 0 Å². The molecule has 2 nitrogen and oxygen atoms in total. The fourth-order valence-corrected chi connectivity index (χ4v) is 0.718. The number of nitrogens with one attached hydrogen (secondary N) is 1. The van der Waals surface area contributed by atoms with Crippen LogP contribution in [0.15, 0.2) is 11.8 Å². The summed E-state index contributed by atoms with van der Waals surface area (Å²) in [6.45, 7) is 2.93. The Morgan fingerprint density at radius 1 is 2.00 bits per heavy atom. The van der Waals surface area contributed by atoms with Crippen molar-refractivity contribution in [3.63, 3.8) is 0 Å². The van der Waals surface area contributed by atoms with E-state index in [4.69, 9.17) is 5.73 Å². The second-order valence-corrected chi connectivity index (χ2v) is 1.89. The van der Waals surface area contributed by atoms with Gasteiger partial charge in [-0.15, -0.1) is 0 Å². The van der Waals surface area contributed by atoms with Gasteiger partial charge in [0.05, 0.1) is 0 Å². The third-order valence-electron chi connectivity index (χ3n) is 1.08. The Hall–Kier alpha value is -0.500. The molecular formula is C5H10N2. The molecule has 0 saturated heterocycles.